The SMILES string of the molecule is COc1ccc(Cl)cc1-c1nnc(S/C(=C\c2ccc(-c3ccc([N+](=O)[O-])cc3)o2)C(=O)O)o1. The van der Waals surface area contributed by atoms with Gasteiger partial charge in [-0.2, -0.15) is 0 Å². The van der Waals surface area contributed by atoms with E-state index in [1.165, 1.54) is 25.3 Å². The van der Waals surface area contributed by atoms with Crippen molar-refractivity contribution in [3.63, 3.8) is 0 Å². The number of carboxylic acid groups (broad SMARTS) is 1. The largest absolute Gasteiger partial charge is 0.496 e. The second kappa shape index (κ2) is 9.81. The van der Waals surface area contributed by atoms with Crippen LogP contribution in [-0.2, 0) is 4.79 Å². The number of hydrogen-bond donors (Lipinski definition) is 1. The molecule has 34 heavy (non-hydrogen) atoms. The van der Waals surface area contributed by atoms with Crippen molar-refractivity contribution < 1.29 is 28.4 Å². The molecule has 0 amide bonds. The number of aliphatic carboxylic acids is 1. The first-order valence-electron chi connectivity index (χ1n) is 9.49. The van der Waals surface area contributed by atoms with Crippen LogP contribution >= 0.6 is 23.4 Å². The standard InChI is InChI=1S/C22H14ClN3O7S/c1-31-18-8-4-13(23)10-16(18)20-24-25-22(33-20)34-19(21(27)28)11-15-7-9-17(32-15)12-2-5-14(6-3-12)26(29)30/h2-11H,1H3,(H,27,28)/b19-11-. The lowest BCUT2D eigenvalue weighted by Crippen LogP contribution is -1.96. The van der Waals surface area contributed by atoms with Gasteiger partial charge in [0, 0.05) is 28.8 Å². The zero-order chi connectivity index (χ0) is 24.2. The number of nitro benzene ring substituents is 1. The van der Waals surface area contributed by atoms with E-state index in [9.17, 15) is 20.0 Å². The van der Waals surface area contributed by atoms with Crippen LogP contribution < -0.4 is 4.74 Å². The molecule has 2 aromatic carbocycles. The number of thioether (sulfide) groups is 1. The minimum atomic E-state index is -1.22. The Bertz CT molecular complexity index is 1400. The number of ether oxygens (including phenoxy) is 1. The number of nitrogens with zero attached hydrogens (tertiary/aromatic N) is 3. The van der Waals surface area contributed by atoms with Crippen LogP contribution in [-0.4, -0.2) is 33.3 Å². The topological polar surface area (TPSA) is 142 Å². The Labute approximate surface area is 201 Å². The van der Waals surface area contributed by atoms with Crippen molar-refractivity contribution in [2.75, 3.05) is 7.11 Å². The molecule has 2 heterocycles. The van der Waals surface area contributed by atoms with Crippen LogP contribution in [0.2, 0.25) is 5.02 Å². The lowest BCUT2D eigenvalue weighted by Gasteiger charge is -2.04. The van der Waals surface area contributed by atoms with Gasteiger partial charge in [0.2, 0.25) is 0 Å². The number of furan rings is 1. The fourth-order valence-corrected chi connectivity index (χ4v) is 3.72. The van der Waals surface area contributed by atoms with Gasteiger partial charge in [-0.25, -0.2) is 4.79 Å². The molecule has 12 heteroatoms. The molecule has 0 aliphatic rings. The summed E-state index contributed by atoms with van der Waals surface area (Å²) in [5.74, 6) is 0.0369. The molecule has 0 radical (unpaired) electrons. The molecular formula is C22H14ClN3O7S. The van der Waals surface area contributed by atoms with Crippen molar-refractivity contribution in [2.45, 2.75) is 5.22 Å². The van der Waals surface area contributed by atoms with E-state index >= 15 is 0 Å². The zero-order valence-corrected chi connectivity index (χ0v) is 18.9. The molecule has 0 atom stereocenters. The molecule has 172 valence electrons. The Hall–Kier alpha value is -4.09. The third-order valence-electron chi connectivity index (χ3n) is 4.47. The molecule has 10 nitrogen and oxygen atoms in total. The highest BCUT2D eigenvalue weighted by Crippen LogP contribution is 2.35. The van der Waals surface area contributed by atoms with E-state index in [-0.39, 0.29) is 27.5 Å². The highest BCUT2D eigenvalue weighted by molar-refractivity contribution is 8.03. The number of aromatic nitrogens is 2. The molecule has 4 aromatic rings. The Morgan fingerprint density at radius 3 is 2.59 bits per heavy atom. The molecule has 1 N–H and O–H groups in total. The number of nitro groups is 1. The monoisotopic (exact) mass is 499 g/mol. The Balaban J connectivity index is 1.56. The molecule has 0 spiro atoms. The maximum Gasteiger partial charge on any atom is 0.342 e. The van der Waals surface area contributed by atoms with Gasteiger partial charge in [0.15, 0.2) is 0 Å². The summed E-state index contributed by atoms with van der Waals surface area (Å²) in [6.07, 6.45) is 1.31. The summed E-state index contributed by atoms with van der Waals surface area (Å²) in [6, 6.07) is 13.9. The van der Waals surface area contributed by atoms with E-state index < -0.39 is 10.9 Å². The van der Waals surface area contributed by atoms with Crippen LogP contribution in [0.1, 0.15) is 5.76 Å². The molecule has 0 saturated heterocycles. The molecule has 0 bridgehead atoms. The maximum absolute atomic E-state index is 11.8. The number of non-ortho nitro benzene ring substituents is 1. The smallest absolute Gasteiger partial charge is 0.342 e. The maximum atomic E-state index is 11.8. The lowest BCUT2D eigenvalue weighted by molar-refractivity contribution is -0.384. The summed E-state index contributed by atoms with van der Waals surface area (Å²) in [5, 5.41) is 28.7. The molecular weight excluding hydrogens is 486 g/mol. The molecule has 0 aliphatic carbocycles. The number of rotatable bonds is 8. The number of methoxy groups -OCH3 is 1. The van der Waals surface area contributed by atoms with Crippen molar-refractivity contribution >= 4 is 41.1 Å². The minimum absolute atomic E-state index is 0.00664. The third-order valence-corrected chi connectivity index (χ3v) is 5.56. The Kier molecular flexibility index (Phi) is 6.66. The van der Waals surface area contributed by atoms with E-state index in [0.29, 0.717) is 27.7 Å². The highest BCUT2D eigenvalue weighted by atomic mass is 35.5. The average molecular weight is 500 g/mol. The lowest BCUT2D eigenvalue weighted by atomic mass is 10.1. The number of benzene rings is 2. The van der Waals surface area contributed by atoms with Crippen LogP contribution in [0.4, 0.5) is 5.69 Å². The van der Waals surface area contributed by atoms with Gasteiger partial charge in [-0.3, -0.25) is 10.1 Å². The number of carbonyl (C=O) groups is 1. The summed E-state index contributed by atoms with van der Waals surface area (Å²) in [5.41, 5.74) is 1.02. The van der Waals surface area contributed by atoms with Gasteiger partial charge in [-0.15, -0.1) is 10.2 Å². The van der Waals surface area contributed by atoms with Crippen molar-refractivity contribution in [1.29, 1.82) is 0 Å². The van der Waals surface area contributed by atoms with Crippen molar-refractivity contribution in [3.05, 3.63) is 80.4 Å². The Morgan fingerprint density at radius 1 is 1.15 bits per heavy atom. The second-order valence-corrected chi connectivity index (χ2v) is 8.07. The Morgan fingerprint density at radius 2 is 1.91 bits per heavy atom. The van der Waals surface area contributed by atoms with Gasteiger partial charge in [0.05, 0.1) is 17.6 Å². The van der Waals surface area contributed by atoms with Gasteiger partial charge < -0.3 is 18.7 Å². The average Bonchev–Trinajstić information content (AvgIpc) is 3.48. The van der Waals surface area contributed by atoms with E-state index in [1.807, 2.05) is 0 Å². The van der Waals surface area contributed by atoms with Crippen molar-refractivity contribution in [3.8, 4) is 28.5 Å². The molecule has 2 aromatic heterocycles. The van der Waals surface area contributed by atoms with E-state index in [2.05, 4.69) is 10.2 Å². The number of carboxylic acids is 1. The van der Waals surface area contributed by atoms with Crippen molar-refractivity contribution in [2.24, 2.45) is 0 Å². The number of halogens is 1. The van der Waals surface area contributed by atoms with Crippen LogP contribution in [0, 0.1) is 10.1 Å². The van der Waals surface area contributed by atoms with Crippen LogP contribution in [0.3, 0.4) is 0 Å². The second-order valence-electron chi connectivity index (χ2n) is 6.64. The summed E-state index contributed by atoms with van der Waals surface area (Å²) < 4.78 is 16.6. The van der Waals surface area contributed by atoms with Gasteiger partial charge >= 0.3 is 5.97 Å². The van der Waals surface area contributed by atoms with Crippen LogP contribution in [0.15, 0.2) is 73.6 Å². The molecule has 0 aliphatic heterocycles. The molecule has 0 fully saturated rings. The predicted octanol–water partition coefficient (Wildman–Crippen LogP) is 5.78. The van der Waals surface area contributed by atoms with Crippen LogP contribution in [0.25, 0.3) is 28.9 Å². The van der Waals surface area contributed by atoms with Gasteiger partial charge in [0.1, 0.15) is 22.2 Å². The van der Waals surface area contributed by atoms with E-state index in [4.69, 9.17) is 25.2 Å². The third kappa shape index (κ3) is 5.11. The van der Waals surface area contributed by atoms with Gasteiger partial charge in [-0.1, -0.05) is 11.6 Å². The molecule has 4 rings (SSSR count). The van der Waals surface area contributed by atoms with Crippen LogP contribution in [0.5, 0.6) is 5.75 Å². The highest BCUT2D eigenvalue weighted by Gasteiger charge is 2.19. The normalized spacial score (nSPS) is 11.4. The molecule has 0 saturated carbocycles. The first-order valence-corrected chi connectivity index (χ1v) is 10.7. The van der Waals surface area contributed by atoms with Gasteiger partial charge in [0.25, 0.3) is 16.8 Å². The quantitative estimate of drug-likeness (QED) is 0.137. The summed E-state index contributed by atoms with van der Waals surface area (Å²) in [7, 11) is 1.48. The minimum Gasteiger partial charge on any atom is -0.496 e. The van der Waals surface area contributed by atoms with Crippen molar-refractivity contribution in [1.82, 2.24) is 10.2 Å². The van der Waals surface area contributed by atoms with E-state index in [1.54, 1.807) is 42.5 Å². The first kappa shape index (κ1) is 23.1. The van der Waals surface area contributed by atoms with E-state index in [0.717, 1.165) is 11.8 Å². The molecule has 0 unspecified atom stereocenters. The fraction of sp³-hybridized carbons (Fsp3) is 0.0455. The fourth-order valence-electron chi connectivity index (χ4n) is 2.90. The summed E-state index contributed by atoms with van der Waals surface area (Å²) >= 11 is 6.78. The predicted molar refractivity (Wildman–Crippen MR) is 124 cm³/mol. The summed E-state index contributed by atoms with van der Waals surface area (Å²) in [6.45, 7) is 0. The number of hydrogen-bond acceptors (Lipinski definition) is 9. The zero-order valence-electron chi connectivity index (χ0n) is 17.3. The first-order chi connectivity index (χ1) is 16.3. The van der Waals surface area contributed by atoms with Gasteiger partial charge in [-0.05, 0) is 54.2 Å². The summed E-state index contributed by atoms with van der Waals surface area (Å²) in [4.78, 5) is 22.0.